The lowest BCUT2D eigenvalue weighted by atomic mass is 10.1. The Morgan fingerprint density at radius 1 is 1.38 bits per heavy atom. The van der Waals surface area contributed by atoms with Gasteiger partial charge in [-0.15, -0.1) is 0 Å². The minimum Gasteiger partial charge on any atom is -0.398 e. The van der Waals surface area contributed by atoms with E-state index in [2.05, 4.69) is 4.72 Å². The third-order valence-corrected chi connectivity index (χ3v) is 6.93. The Bertz CT molecular complexity index is 727. The van der Waals surface area contributed by atoms with Crippen molar-refractivity contribution in [2.45, 2.75) is 37.1 Å². The predicted molar refractivity (Wildman–Crippen MR) is 82.2 cm³/mol. The van der Waals surface area contributed by atoms with E-state index in [9.17, 15) is 16.8 Å². The van der Waals surface area contributed by atoms with Gasteiger partial charge in [-0.1, -0.05) is 13.0 Å². The van der Waals surface area contributed by atoms with Gasteiger partial charge in [-0.05, 0) is 37.0 Å². The molecule has 0 aromatic heterocycles. The molecule has 2 rings (SSSR count). The van der Waals surface area contributed by atoms with E-state index in [0.29, 0.717) is 18.5 Å². The Kier molecular flexibility index (Phi) is 4.60. The molecular formula is C13H20N2O4S2. The maximum atomic E-state index is 12.3. The molecule has 6 nitrogen and oxygen atoms in total. The van der Waals surface area contributed by atoms with E-state index in [4.69, 9.17) is 5.73 Å². The number of aryl methyl sites for hydroxylation is 1. The number of rotatable bonds is 4. The maximum absolute atomic E-state index is 12.3. The summed E-state index contributed by atoms with van der Waals surface area (Å²) in [6.45, 7) is 1.94. The minimum absolute atomic E-state index is 0.0696. The van der Waals surface area contributed by atoms with E-state index in [-0.39, 0.29) is 16.4 Å². The SMILES string of the molecule is CCc1ccc(S(=O)(=O)NC2CCCS(=O)(=O)C2)cc1N. The second kappa shape index (κ2) is 5.94. The van der Waals surface area contributed by atoms with Crippen molar-refractivity contribution in [1.29, 1.82) is 0 Å². The molecule has 1 aliphatic rings. The molecule has 1 fully saturated rings. The first-order valence-electron chi connectivity index (χ1n) is 6.84. The normalized spacial score (nSPS) is 22.0. The van der Waals surface area contributed by atoms with Gasteiger partial charge in [0.25, 0.3) is 0 Å². The van der Waals surface area contributed by atoms with Gasteiger partial charge >= 0.3 is 0 Å². The van der Waals surface area contributed by atoms with Crippen LogP contribution in [0.4, 0.5) is 5.69 Å². The van der Waals surface area contributed by atoms with Gasteiger partial charge in [0.05, 0.1) is 16.4 Å². The van der Waals surface area contributed by atoms with Crippen LogP contribution in [-0.4, -0.2) is 34.4 Å². The van der Waals surface area contributed by atoms with Gasteiger partial charge < -0.3 is 5.73 Å². The molecule has 1 heterocycles. The van der Waals surface area contributed by atoms with Crippen LogP contribution >= 0.6 is 0 Å². The first-order chi connectivity index (χ1) is 9.73. The van der Waals surface area contributed by atoms with Gasteiger partial charge in [-0.25, -0.2) is 21.6 Å². The molecule has 21 heavy (non-hydrogen) atoms. The summed E-state index contributed by atoms with van der Waals surface area (Å²) < 4.78 is 50.2. The van der Waals surface area contributed by atoms with E-state index >= 15 is 0 Å². The van der Waals surface area contributed by atoms with Crippen LogP contribution in [0.2, 0.25) is 0 Å². The van der Waals surface area contributed by atoms with Crippen molar-refractivity contribution in [3.8, 4) is 0 Å². The summed E-state index contributed by atoms with van der Waals surface area (Å²) >= 11 is 0. The number of nitrogens with two attached hydrogens (primary N) is 1. The zero-order valence-corrected chi connectivity index (χ0v) is 13.5. The van der Waals surface area contributed by atoms with Crippen molar-refractivity contribution in [2.75, 3.05) is 17.2 Å². The van der Waals surface area contributed by atoms with Gasteiger partial charge in [0.1, 0.15) is 0 Å². The maximum Gasteiger partial charge on any atom is 0.240 e. The van der Waals surface area contributed by atoms with E-state index in [1.54, 1.807) is 6.07 Å². The van der Waals surface area contributed by atoms with Crippen LogP contribution in [-0.2, 0) is 26.3 Å². The van der Waals surface area contributed by atoms with Crippen molar-refractivity contribution in [3.05, 3.63) is 23.8 Å². The molecule has 1 aromatic carbocycles. The number of hydrogen-bond acceptors (Lipinski definition) is 5. The first-order valence-corrected chi connectivity index (χ1v) is 10.1. The Balaban J connectivity index is 2.20. The molecule has 1 atom stereocenters. The highest BCUT2D eigenvalue weighted by Crippen LogP contribution is 2.20. The van der Waals surface area contributed by atoms with Crippen LogP contribution in [0.25, 0.3) is 0 Å². The lowest BCUT2D eigenvalue weighted by Gasteiger charge is -2.23. The molecule has 0 bridgehead atoms. The van der Waals surface area contributed by atoms with Gasteiger partial charge in [-0.3, -0.25) is 0 Å². The average Bonchev–Trinajstić information content (AvgIpc) is 2.36. The fourth-order valence-corrected chi connectivity index (χ4v) is 5.51. The van der Waals surface area contributed by atoms with Gasteiger partial charge in [-0.2, -0.15) is 0 Å². The molecule has 0 spiro atoms. The fraction of sp³-hybridized carbons (Fsp3) is 0.538. The van der Waals surface area contributed by atoms with Crippen LogP contribution in [0.3, 0.4) is 0 Å². The first kappa shape index (κ1) is 16.3. The third kappa shape index (κ3) is 3.96. The van der Waals surface area contributed by atoms with E-state index in [0.717, 1.165) is 12.0 Å². The largest absolute Gasteiger partial charge is 0.398 e. The molecule has 0 radical (unpaired) electrons. The Labute approximate surface area is 125 Å². The summed E-state index contributed by atoms with van der Waals surface area (Å²) in [5.74, 6) is -0.0157. The second-order valence-corrected chi connectivity index (χ2v) is 9.23. The lowest BCUT2D eigenvalue weighted by Crippen LogP contribution is -2.43. The van der Waals surface area contributed by atoms with Crippen LogP contribution in [0.5, 0.6) is 0 Å². The number of nitrogens with one attached hydrogen (secondary N) is 1. The summed E-state index contributed by atoms with van der Waals surface area (Å²) in [7, 11) is -6.91. The van der Waals surface area contributed by atoms with Crippen molar-refractivity contribution in [3.63, 3.8) is 0 Å². The molecule has 1 saturated heterocycles. The highest BCUT2D eigenvalue weighted by molar-refractivity contribution is 7.91. The summed E-state index contributed by atoms with van der Waals surface area (Å²) in [6, 6.07) is 4.02. The zero-order valence-electron chi connectivity index (χ0n) is 11.9. The highest BCUT2D eigenvalue weighted by Gasteiger charge is 2.28. The van der Waals surface area contributed by atoms with Crippen LogP contribution in [0, 0.1) is 0 Å². The van der Waals surface area contributed by atoms with Crippen LogP contribution in [0.15, 0.2) is 23.1 Å². The number of benzene rings is 1. The Morgan fingerprint density at radius 2 is 2.10 bits per heavy atom. The van der Waals surface area contributed by atoms with Crippen LogP contribution in [0.1, 0.15) is 25.3 Å². The summed E-state index contributed by atoms with van der Waals surface area (Å²) in [5, 5.41) is 0. The average molecular weight is 332 g/mol. The van der Waals surface area contributed by atoms with Crippen molar-refractivity contribution in [1.82, 2.24) is 4.72 Å². The van der Waals surface area contributed by atoms with Gasteiger partial charge in [0.15, 0.2) is 9.84 Å². The molecule has 118 valence electrons. The second-order valence-electron chi connectivity index (χ2n) is 5.29. The predicted octanol–water partition coefficient (Wildman–Crippen LogP) is 0.687. The number of anilines is 1. The Morgan fingerprint density at radius 3 is 2.67 bits per heavy atom. The number of sulfonamides is 1. The molecule has 3 N–H and O–H groups in total. The third-order valence-electron chi connectivity index (χ3n) is 3.59. The molecule has 0 aliphatic carbocycles. The number of sulfone groups is 1. The fourth-order valence-electron chi connectivity index (χ4n) is 2.47. The van der Waals surface area contributed by atoms with Gasteiger partial charge in [0, 0.05) is 11.7 Å². The van der Waals surface area contributed by atoms with E-state index in [1.807, 2.05) is 6.92 Å². The van der Waals surface area contributed by atoms with E-state index in [1.165, 1.54) is 12.1 Å². The number of hydrogen-bond donors (Lipinski definition) is 2. The smallest absolute Gasteiger partial charge is 0.240 e. The molecule has 0 saturated carbocycles. The van der Waals surface area contributed by atoms with Gasteiger partial charge in [0.2, 0.25) is 10.0 Å². The lowest BCUT2D eigenvalue weighted by molar-refractivity contribution is 0.517. The van der Waals surface area contributed by atoms with Crippen molar-refractivity contribution < 1.29 is 16.8 Å². The standard InChI is InChI=1S/C13H20N2O4S2/c1-2-10-5-6-12(8-13(10)14)21(18,19)15-11-4-3-7-20(16,17)9-11/h5-6,8,11,15H,2-4,7,9,14H2,1H3. The Hall–Kier alpha value is -1.12. The molecule has 0 amide bonds. The zero-order chi connectivity index (χ0) is 15.7. The molecule has 8 heteroatoms. The minimum atomic E-state index is -3.75. The topological polar surface area (TPSA) is 106 Å². The van der Waals surface area contributed by atoms with Crippen molar-refractivity contribution >= 4 is 25.5 Å². The van der Waals surface area contributed by atoms with E-state index < -0.39 is 25.9 Å². The molecule has 1 aromatic rings. The molecular weight excluding hydrogens is 312 g/mol. The highest BCUT2D eigenvalue weighted by atomic mass is 32.2. The summed E-state index contributed by atoms with van der Waals surface area (Å²) in [5.41, 5.74) is 7.13. The molecule has 1 aliphatic heterocycles. The monoisotopic (exact) mass is 332 g/mol. The number of nitrogen functional groups attached to an aromatic ring is 1. The molecule has 1 unspecified atom stereocenters. The van der Waals surface area contributed by atoms with Crippen molar-refractivity contribution in [2.24, 2.45) is 0 Å². The summed E-state index contributed by atoms with van der Waals surface area (Å²) in [6.07, 6.45) is 1.73. The van der Waals surface area contributed by atoms with Crippen LogP contribution < -0.4 is 10.5 Å². The quantitative estimate of drug-likeness (QED) is 0.789. The summed E-state index contributed by atoms with van der Waals surface area (Å²) in [4.78, 5) is 0.0696.